The zero-order valence-electron chi connectivity index (χ0n) is 45.2. The summed E-state index contributed by atoms with van der Waals surface area (Å²) in [6, 6.07) is 83.7. The molecule has 8 heteroatoms. The lowest BCUT2D eigenvalue weighted by Gasteiger charge is -2.24. The van der Waals surface area contributed by atoms with Crippen LogP contribution in [-0.4, -0.2) is 55.6 Å². The lowest BCUT2D eigenvalue weighted by Crippen LogP contribution is -2.06. The summed E-state index contributed by atoms with van der Waals surface area (Å²) in [7, 11) is 6.56. The van der Waals surface area contributed by atoms with Crippen LogP contribution in [0.25, 0.3) is 110 Å². The smallest absolute Gasteiger partial charge is 0.188 e. The number of hydrogen-bond donors (Lipinski definition) is 0. The lowest BCUT2D eigenvalue weighted by atomic mass is 9.86. The second kappa shape index (κ2) is 25.0. The summed E-state index contributed by atoms with van der Waals surface area (Å²) >= 11 is 0. The Bertz CT molecular complexity index is 3520. The molecule has 0 fully saturated rings. The third-order valence-electron chi connectivity index (χ3n) is 14.1. The predicted molar refractivity (Wildman–Crippen MR) is 326 cm³/mol. The maximum absolute atomic E-state index is 6.48. The highest BCUT2D eigenvalue weighted by Gasteiger charge is 2.28. The molecule has 0 N–H and O–H groups in total. The van der Waals surface area contributed by atoms with Crippen molar-refractivity contribution < 1.29 is 37.9 Å². The quantitative estimate of drug-likeness (QED) is 0.0787. The van der Waals surface area contributed by atoms with Gasteiger partial charge in [0.2, 0.25) is 0 Å². The summed E-state index contributed by atoms with van der Waals surface area (Å²) in [5.74, 6) is 2.96. The van der Waals surface area contributed by atoms with Crippen molar-refractivity contribution in [3.63, 3.8) is 0 Å². The third kappa shape index (κ3) is 10.8. The van der Waals surface area contributed by atoms with Crippen LogP contribution in [0.2, 0.25) is 0 Å². The first kappa shape index (κ1) is 52.8. The average molecular weight is 1050 g/mol. The maximum Gasteiger partial charge on any atom is 0.188 e. The number of fused-ring (bicyclic) bond motifs is 4. The summed E-state index contributed by atoms with van der Waals surface area (Å²) < 4.78 is 47.7. The van der Waals surface area contributed by atoms with E-state index in [2.05, 4.69) is 170 Å². The average Bonchev–Trinajstić information content (AvgIpc) is 3.68. The van der Waals surface area contributed by atoms with Gasteiger partial charge in [-0.3, -0.25) is 0 Å². The Morgan fingerprint density at radius 3 is 0.613 bits per heavy atom. The van der Waals surface area contributed by atoms with E-state index in [0.29, 0.717) is 0 Å². The normalized spacial score (nSPS) is 11.2. The minimum Gasteiger partial charge on any atom is -0.466 e. The molecule has 0 heterocycles. The van der Waals surface area contributed by atoms with E-state index in [1.807, 2.05) is 72.8 Å². The van der Waals surface area contributed by atoms with Gasteiger partial charge in [0.25, 0.3) is 0 Å². The van der Waals surface area contributed by atoms with E-state index in [0.717, 1.165) is 133 Å². The Balaban J connectivity index is 0.000000169. The molecule has 12 aromatic carbocycles. The second-order valence-electron chi connectivity index (χ2n) is 19.1. The summed E-state index contributed by atoms with van der Waals surface area (Å²) in [6.45, 7) is 0.428. The van der Waals surface area contributed by atoms with Gasteiger partial charge in [0, 0.05) is 72.9 Å². The molecule has 0 aliphatic rings. The van der Waals surface area contributed by atoms with Crippen molar-refractivity contribution in [2.75, 3.05) is 55.6 Å². The molecule has 0 atom stereocenters. The number of methoxy groups -OCH3 is 4. The lowest BCUT2D eigenvalue weighted by molar-refractivity contribution is 0.0506. The first-order valence-electron chi connectivity index (χ1n) is 26.5. The van der Waals surface area contributed by atoms with E-state index >= 15 is 0 Å². The highest BCUT2D eigenvalue weighted by Crippen LogP contribution is 2.54. The van der Waals surface area contributed by atoms with Crippen LogP contribution >= 0.6 is 0 Å². The molecule has 0 saturated heterocycles. The van der Waals surface area contributed by atoms with Crippen molar-refractivity contribution >= 4 is 43.1 Å². The van der Waals surface area contributed by atoms with Crippen LogP contribution in [-0.2, 0) is 18.9 Å². The van der Waals surface area contributed by atoms with Gasteiger partial charge in [0.05, 0.1) is 0 Å². The summed E-state index contributed by atoms with van der Waals surface area (Å²) in [6.07, 6.45) is 0. The van der Waals surface area contributed by atoms with Crippen molar-refractivity contribution in [2.24, 2.45) is 0 Å². The highest BCUT2D eigenvalue weighted by molar-refractivity contribution is 6.16. The van der Waals surface area contributed by atoms with Crippen molar-refractivity contribution in [1.29, 1.82) is 0 Å². The number of hydrogen-bond acceptors (Lipinski definition) is 8. The van der Waals surface area contributed by atoms with Crippen molar-refractivity contribution in [2.45, 2.75) is 0 Å². The number of rotatable bonds is 18. The van der Waals surface area contributed by atoms with Crippen LogP contribution in [0.1, 0.15) is 0 Å². The molecule has 0 spiro atoms. The maximum atomic E-state index is 6.48. The Morgan fingerprint density at radius 1 is 0.225 bits per heavy atom. The molecule has 0 radical (unpaired) electrons. The zero-order valence-corrected chi connectivity index (χ0v) is 45.2. The second-order valence-corrected chi connectivity index (χ2v) is 19.1. The Labute approximate surface area is 466 Å². The third-order valence-corrected chi connectivity index (χ3v) is 14.1. The number of benzene rings is 12. The largest absolute Gasteiger partial charge is 0.466 e. The SMILES string of the molecule is COCOc1c(-c2ccccc2)cc2ccccc2c1-c1c(OCOC)c(-c2ccccc2)cc2ccccc12.COCOc1c(-c2ccccc2)cc2ccccc2c1-c1c(OCOC)c(-c2ccccc2)cc2ccccc12. The molecule has 8 nitrogen and oxygen atoms in total. The van der Waals surface area contributed by atoms with Crippen LogP contribution in [0.3, 0.4) is 0 Å². The van der Waals surface area contributed by atoms with Gasteiger partial charge in [-0.15, -0.1) is 0 Å². The van der Waals surface area contributed by atoms with Gasteiger partial charge in [-0.25, -0.2) is 0 Å². The van der Waals surface area contributed by atoms with Crippen molar-refractivity contribution in [1.82, 2.24) is 0 Å². The molecule has 0 aliphatic heterocycles. The molecule has 80 heavy (non-hydrogen) atoms. The summed E-state index contributed by atoms with van der Waals surface area (Å²) in [5, 5.41) is 8.66. The molecule has 0 bridgehead atoms. The van der Waals surface area contributed by atoms with Crippen LogP contribution in [0.5, 0.6) is 23.0 Å². The molecule has 0 saturated carbocycles. The van der Waals surface area contributed by atoms with Crippen LogP contribution in [0, 0.1) is 0 Å². The molecular formula is C72H60O8. The fourth-order valence-electron chi connectivity index (χ4n) is 10.7. The van der Waals surface area contributed by atoms with Gasteiger partial charge in [-0.2, -0.15) is 0 Å². The standard InChI is InChI=1S/2C36H30O4/c2*1-37-23-39-35-31(25-13-5-3-6-14-25)21-27-17-9-11-19-29(27)33(35)34-30-20-12-10-18-28(30)22-32(36(34)40-24-38-2)26-15-7-4-8-16-26/h2*3-22H,23-24H2,1-2H3. The first-order valence-corrected chi connectivity index (χ1v) is 26.5. The molecule has 0 aromatic heterocycles. The molecule has 0 unspecified atom stereocenters. The van der Waals surface area contributed by atoms with Crippen molar-refractivity contribution in [3.8, 4) is 89.8 Å². The van der Waals surface area contributed by atoms with Crippen molar-refractivity contribution in [3.05, 3.63) is 243 Å². The van der Waals surface area contributed by atoms with Crippen LogP contribution < -0.4 is 18.9 Å². The van der Waals surface area contributed by atoms with E-state index in [9.17, 15) is 0 Å². The Kier molecular flexibility index (Phi) is 16.5. The molecule has 12 aromatic rings. The highest BCUT2D eigenvalue weighted by atomic mass is 16.7. The molecule has 396 valence electrons. The number of ether oxygens (including phenoxy) is 8. The van der Waals surface area contributed by atoms with Crippen LogP contribution in [0.4, 0.5) is 0 Å². The molecule has 0 aliphatic carbocycles. The van der Waals surface area contributed by atoms with Gasteiger partial charge in [0.15, 0.2) is 27.2 Å². The minimum absolute atomic E-state index is 0.107. The molecule has 0 amide bonds. The topological polar surface area (TPSA) is 73.8 Å². The Hall–Kier alpha value is -9.28. The van der Waals surface area contributed by atoms with E-state index in [1.54, 1.807) is 28.4 Å². The van der Waals surface area contributed by atoms with Crippen LogP contribution in [0.15, 0.2) is 243 Å². The van der Waals surface area contributed by atoms with E-state index in [4.69, 9.17) is 37.9 Å². The summed E-state index contributed by atoms with van der Waals surface area (Å²) in [4.78, 5) is 0. The fourth-order valence-corrected chi connectivity index (χ4v) is 10.7. The van der Waals surface area contributed by atoms with Gasteiger partial charge >= 0.3 is 0 Å². The fraction of sp³-hybridized carbons (Fsp3) is 0.111. The minimum atomic E-state index is 0.107. The molecular weight excluding hydrogens is 993 g/mol. The predicted octanol–water partition coefficient (Wildman–Crippen LogP) is 17.9. The first-order chi connectivity index (χ1) is 39.6. The zero-order chi connectivity index (χ0) is 54.6. The van der Waals surface area contributed by atoms with E-state index < -0.39 is 0 Å². The van der Waals surface area contributed by atoms with Gasteiger partial charge < -0.3 is 37.9 Å². The monoisotopic (exact) mass is 1050 g/mol. The molecule has 12 rings (SSSR count). The summed E-state index contributed by atoms with van der Waals surface area (Å²) in [5.41, 5.74) is 12.0. The van der Waals surface area contributed by atoms with E-state index in [-0.39, 0.29) is 27.2 Å². The van der Waals surface area contributed by atoms with E-state index in [1.165, 1.54) is 0 Å². The Morgan fingerprint density at radius 2 is 0.412 bits per heavy atom. The van der Waals surface area contributed by atoms with Gasteiger partial charge in [0.1, 0.15) is 23.0 Å². The van der Waals surface area contributed by atoms with Gasteiger partial charge in [-0.1, -0.05) is 218 Å². The van der Waals surface area contributed by atoms with Gasteiger partial charge in [-0.05, 0) is 89.6 Å².